The van der Waals surface area contributed by atoms with E-state index in [1.54, 1.807) is 42.5 Å². The molecule has 13 nitrogen and oxygen atoms in total. The van der Waals surface area contributed by atoms with Crippen molar-refractivity contribution in [3.8, 4) is 0 Å². The molecule has 0 fully saturated rings. The number of hydrogen-bond acceptors (Lipinski definition) is 12. The Labute approximate surface area is 386 Å². The summed E-state index contributed by atoms with van der Waals surface area (Å²) in [6.07, 6.45) is 37.0. The Bertz CT molecular complexity index is 1310. The Morgan fingerprint density at radius 1 is 0.578 bits per heavy atom. The van der Waals surface area contributed by atoms with Gasteiger partial charge in [-0.1, -0.05) is 197 Å². The fourth-order valence-electron chi connectivity index (χ4n) is 6.58. The van der Waals surface area contributed by atoms with Crippen LogP contribution in [0.3, 0.4) is 0 Å². The molecule has 14 heteroatoms. The number of carbonyl (C=O) groups excluding carboxylic acids is 2. The van der Waals surface area contributed by atoms with Gasteiger partial charge in [-0.2, -0.15) is 0 Å². The van der Waals surface area contributed by atoms with Crippen LogP contribution in [-0.4, -0.2) is 99.3 Å². The summed E-state index contributed by atoms with van der Waals surface area (Å²) < 4.78 is 32.6. The zero-order valence-electron chi connectivity index (χ0n) is 39.7. The van der Waals surface area contributed by atoms with Gasteiger partial charge in [-0.3, -0.25) is 18.6 Å². The number of hydrogen-bond donors (Lipinski definition) is 6. The van der Waals surface area contributed by atoms with Crippen molar-refractivity contribution in [2.45, 2.75) is 212 Å². The maximum atomic E-state index is 12.7. The molecule has 0 aromatic rings. The van der Waals surface area contributed by atoms with Gasteiger partial charge >= 0.3 is 19.8 Å². The van der Waals surface area contributed by atoms with Gasteiger partial charge in [0.1, 0.15) is 12.7 Å². The number of rotatable bonds is 44. The van der Waals surface area contributed by atoms with Crippen molar-refractivity contribution in [3.05, 3.63) is 60.8 Å². The minimum Gasteiger partial charge on any atom is -0.462 e. The predicted octanol–water partition coefficient (Wildman–Crippen LogP) is 10.2. The van der Waals surface area contributed by atoms with Crippen LogP contribution in [0, 0.1) is 5.92 Å². The molecule has 64 heavy (non-hydrogen) atoms. The first-order valence-electron chi connectivity index (χ1n) is 24.4. The van der Waals surface area contributed by atoms with Crippen LogP contribution in [0.1, 0.15) is 181 Å². The van der Waals surface area contributed by atoms with Crippen LogP contribution < -0.4 is 0 Å². The number of phosphoric acid groups is 1. The normalized spacial score (nSPS) is 15.8. The van der Waals surface area contributed by atoms with Crippen LogP contribution >= 0.6 is 7.82 Å². The minimum absolute atomic E-state index is 0.0624. The Balaban J connectivity index is 4.47. The van der Waals surface area contributed by atoms with E-state index in [1.165, 1.54) is 102 Å². The summed E-state index contributed by atoms with van der Waals surface area (Å²) >= 11 is 0. The molecule has 0 aromatic carbocycles. The van der Waals surface area contributed by atoms with Crippen molar-refractivity contribution in [1.82, 2.24) is 0 Å². The second-order valence-corrected chi connectivity index (χ2v) is 18.6. The molecule has 0 rings (SSSR count). The molecule has 0 amide bonds. The van der Waals surface area contributed by atoms with E-state index in [1.807, 2.05) is 19.1 Å². The average molecular weight is 929 g/mol. The fraction of sp³-hybridized carbons (Fsp3) is 0.760. The standard InChI is InChI=1S/C50H89O13P/c1-4-5-26-33-44(52)34-28-23-20-21-24-29-35-47(54)48(55)36-31-38-50(57)63-46(42-62-64(58,59)61-40-45(53)39-51)41-60-49(56)37-30-25-19-17-15-13-11-9-7-6-8-10-12-14-16-18-22-27-32-43(2)3/h5,20-21,23-24,26,28-29,34-35,43-48,51-55H,4,6-19,22,25,27,30-33,36-42H2,1-3H3,(H,58,59)/b23-20+,24-21-,26-5-,34-28+,35-29-/t44-,45-,46+,47+,48+/m0/s1. The quantitative estimate of drug-likeness (QED) is 0.0111. The van der Waals surface area contributed by atoms with Gasteiger partial charge in [0.2, 0.25) is 0 Å². The zero-order chi connectivity index (χ0) is 47.5. The molecule has 372 valence electrons. The van der Waals surface area contributed by atoms with Gasteiger partial charge in [-0.15, -0.1) is 0 Å². The number of allylic oxidation sites excluding steroid dienone is 7. The lowest BCUT2D eigenvalue weighted by Gasteiger charge is -2.20. The summed E-state index contributed by atoms with van der Waals surface area (Å²) in [7, 11) is -4.72. The summed E-state index contributed by atoms with van der Waals surface area (Å²) in [5.41, 5.74) is 0. The van der Waals surface area contributed by atoms with Gasteiger partial charge in [0.25, 0.3) is 0 Å². The molecule has 6 atom stereocenters. The van der Waals surface area contributed by atoms with Gasteiger partial charge in [-0.25, -0.2) is 4.57 Å². The molecular formula is C50H89O13P. The highest BCUT2D eigenvalue weighted by atomic mass is 31.2. The molecule has 0 aromatic heterocycles. The van der Waals surface area contributed by atoms with Crippen molar-refractivity contribution in [3.63, 3.8) is 0 Å². The predicted molar refractivity (Wildman–Crippen MR) is 255 cm³/mol. The first kappa shape index (κ1) is 61.5. The van der Waals surface area contributed by atoms with E-state index in [9.17, 15) is 39.5 Å². The Kier molecular flexibility index (Phi) is 41.5. The third-order valence-corrected chi connectivity index (χ3v) is 11.4. The Morgan fingerprint density at radius 2 is 1.06 bits per heavy atom. The zero-order valence-corrected chi connectivity index (χ0v) is 40.6. The van der Waals surface area contributed by atoms with Gasteiger partial charge in [0, 0.05) is 12.8 Å². The van der Waals surface area contributed by atoms with E-state index in [-0.39, 0.29) is 25.7 Å². The van der Waals surface area contributed by atoms with E-state index < -0.39 is 76.7 Å². The number of unbranched alkanes of at least 4 members (excludes halogenated alkanes) is 17. The van der Waals surface area contributed by atoms with E-state index in [0.717, 1.165) is 31.6 Å². The van der Waals surface area contributed by atoms with Gasteiger partial charge in [0.15, 0.2) is 6.10 Å². The molecule has 0 aliphatic rings. The highest BCUT2D eigenvalue weighted by molar-refractivity contribution is 7.47. The maximum Gasteiger partial charge on any atom is 0.472 e. The molecule has 6 N–H and O–H groups in total. The number of carbonyl (C=O) groups is 2. The van der Waals surface area contributed by atoms with Crippen LogP contribution in [0.15, 0.2) is 60.8 Å². The first-order valence-corrected chi connectivity index (χ1v) is 25.9. The fourth-order valence-corrected chi connectivity index (χ4v) is 7.37. The molecule has 0 radical (unpaired) electrons. The second-order valence-electron chi connectivity index (χ2n) is 17.2. The van der Waals surface area contributed by atoms with Crippen LogP contribution in [-0.2, 0) is 32.7 Å². The number of aliphatic hydroxyl groups is 5. The van der Waals surface area contributed by atoms with Crippen LogP contribution in [0.2, 0.25) is 0 Å². The summed E-state index contributed by atoms with van der Waals surface area (Å²) in [4.78, 5) is 35.2. The third kappa shape index (κ3) is 42.2. The molecular weight excluding hydrogens is 840 g/mol. The van der Waals surface area contributed by atoms with Crippen molar-refractivity contribution in [1.29, 1.82) is 0 Å². The average Bonchev–Trinajstić information content (AvgIpc) is 3.26. The third-order valence-electron chi connectivity index (χ3n) is 10.5. The lowest BCUT2D eigenvalue weighted by molar-refractivity contribution is -0.161. The van der Waals surface area contributed by atoms with E-state index in [0.29, 0.717) is 12.8 Å². The van der Waals surface area contributed by atoms with E-state index in [2.05, 4.69) is 18.4 Å². The topological polar surface area (TPSA) is 210 Å². The van der Waals surface area contributed by atoms with Gasteiger partial charge < -0.3 is 39.9 Å². The van der Waals surface area contributed by atoms with E-state index in [4.69, 9.17) is 19.1 Å². The van der Waals surface area contributed by atoms with Crippen LogP contribution in [0.5, 0.6) is 0 Å². The molecule has 0 aliphatic carbocycles. The monoisotopic (exact) mass is 929 g/mol. The first-order chi connectivity index (χ1) is 30.8. The maximum absolute atomic E-state index is 12.7. The lowest BCUT2D eigenvalue weighted by atomic mass is 10.0. The second kappa shape index (κ2) is 43.1. The highest BCUT2D eigenvalue weighted by Crippen LogP contribution is 2.43. The number of esters is 2. The van der Waals surface area contributed by atoms with Crippen molar-refractivity contribution < 1.29 is 63.1 Å². The minimum atomic E-state index is -4.72. The van der Waals surface area contributed by atoms with Crippen molar-refractivity contribution in [2.75, 3.05) is 26.4 Å². The van der Waals surface area contributed by atoms with Crippen LogP contribution in [0.25, 0.3) is 0 Å². The summed E-state index contributed by atoms with van der Waals surface area (Å²) in [5, 5.41) is 48.9. The Morgan fingerprint density at radius 3 is 1.59 bits per heavy atom. The SMILES string of the molecule is CC/C=C\C[C@H](O)/C=C/C=C/C=C\C=C/[C@@H](O)[C@H](O)CCCC(=O)O[C@H](COC(=O)CCCCCCCCCCCCCCCCCCCCC(C)C)COP(=O)(O)OC[C@@H](O)CO. The summed E-state index contributed by atoms with van der Waals surface area (Å²) in [5.74, 6) is -0.425. The van der Waals surface area contributed by atoms with Crippen molar-refractivity contribution >= 4 is 19.8 Å². The van der Waals surface area contributed by atoms with Gasteiger partial charge in [-0.05, 0) is 38.0 Å². The highest BCUT2D eigenvalue weighted by Gasteiger charge is 2.27. The molecule has 0 saturated carbocycles. The molecule has 1 unspecified atom stereocenters. The molecule has 0 aliphatic heterocycles. The number of aliphatic hydroxyl groups excluding tert-OH is 5. The lowest BCUT2D eigenvalue weighted by Crippen LogP contribution is -2.30. The largest absolute Gasteiger partial charge is 0.472 e. The molecule has 0 bridgehead atoms. The summed E-state index contributed by atoms with van der Waals surface area (Å²) in [6.45, 7) is 4.15. The van der Waals surface area contributed by atoms with E-state index >= 15 is 0 Å². The summed E-state index contributed by atoms with van der Waals surface area (Å²) in [6, 6.07) is 0. The molecule has 0 spiro atoms. The number of ether oxygens (including phenoxy) is 2. The molecule has 0 heterocycles. The Hall–Kier alpha value is -2.45. The van der Waals surface area contributed by atoms with Crippen LogP contribution in [0.4, 0.5) is 0 Å². The smallest absolute Gasteiger partial charge is 0.462 e. The molecule has 0 saturated heterocycles. The number of phosphoric ester groups is 1. The van der Waals surface area contributed by atoms with Gasteiger partial charge in [0.05, 0.1) is 38.1 Å². The van der Waals surface area contributed by atoms with Crippen molar-refractivity contribution in [2.24, 2.45) is 5.92 Å².